The van der Waals surface area contributed by atoms with Gasteiger partial charge in [-0.05, 0) is 43.4 Å². The summed E-state index contributed by atoms with van der Waals surface area (Å²) in [6, 6.07) is 12.7. The van der Waals surface area contributed by atoms with E-state index in [1.54, 1.807) is 30.3 Å². The number of sulfonamides is 1. The number of aromatic hydroxyl groups is 1. The highest BCUT2D eigenvalue weighted by Gasteiger charge is 2.11. The van der Waals surface area contributed by atoms with Gasteiger partial charge in [-0.25, -0.2) is 23.1 Å². The van der Waals surface area contributed by atoms with E-state index in [-0.39, 0.29) is 15.7 Å². The Morgan fingerprint density at radius 3 is 2.26 bits per heavy atom. The summed E-state index contributed by atoms with van der Waals surface area (Å²) >= 11 is 5.89. The summed E-state index contributed by atoms with van der Waals surface area (Å²) in [5, 5.41) is 15.8. The fourth-order valence-electron chi connectivity index (χ4n) is 2.23. The highest BCUT2D eigenvalue weighted by atomic mass is 35.5. The van der Waals surface area contributed by atoms with E-state index in [1.165, 1.54) is 31.6 Å². The second-order valence-corrected chi connectivity index (χ2v) is 7.73. The third-order valence-corrected chi connectivity index (χ3v) is 5.29. The molecule has 0 aliphatic rings. The Hall–Kier alpha value is -2.88. The van der Waals surface area contributed by atoms with Crippen molar-refractivity contribution >= 4 is 44.6 Å². The van der Waals surface area contributed by atoms with E-state index < -0.39 is 10.0 Å². The Kier molecular flexibility index (Phi) is 5.45. The van der Waals surface area contributed by atoms with Crippen molar-refractivity contribution in [2.75, 3.05) is 17.7 Å². The number of nitrogens with one attached hydrogen (secondary N) is 3. The van der Waals surface area contributed by atoms with E-state index in [4.69, 9.17) is 11.6 Å². The van der Waals surface area contributed by atoms with Gasteiger partial charge < -0.3 is 15.7 Å². The number of aromatic nitrogens is 2. The van der Waals surface area contributed by atoms with Crippen LogP contribution in [0.15, 0.2) is 59.8 Å². The van der Waals surface area contributed by atoms with Crippen molar-refractivity contribution in [3.8, 4) is 5.75 Å². The molecule has 0 saturated heterocycles. The first-order valence-corrected chi connectivity index (χ1v) is 9.62. The molecule has 0 fully saturated rings. The largest absolute Gasteiger partial charge is 0.506 e. The number of benzene rings is 2. The molecule has 1 heterocycles. The van der Waals surface area contributed by atoms with Gasteiger partial charge in [0, 0.05) is 17.4 Å². The molecule has 0 radical (unpaired) electrons. The summed E-state index contributed by atoms with van der Waals surface area (Å²) < 4.78 is 26.1. The van der Waals surface area contributed by atoms with Crippen LogP contribution in [0.25, 0.3) is 0 Å². The molecule has 27 heavy (non-hydrogen) atoms. The lowest BCUT2D eigenvalue weighted by atomic mass is 10.3. The first-order chi connectivity index (χ1) is 12.9. The van der Waals surface area contributed by atoms with E-state index in [9.17, 15) is 13.5 Å². The molecule has 0 aliphatic heterocycles. The topological polar surface area (TPSA) is 116 Å². The summed E-state index contributed by atoms with van der Waals surface area (Å²) in [6.07, 6.45) is 1.36. The van der Waals surface area contributed by atoms with Crippen LogP contribution in [0.5, 0.6) is 5.75 Å². The monoisotopic (exact) mass is 405 g/mol. The van der Waals surface area contributed by atoms with Gasteiger partial charge in [-0.1, -0.05) is 17.7 Å². The van der Waals surface area contributed by atoms with Crippen molar-refractivity contribution in [2.24, 2.45) is 0 Å². The molecule has 0 bridgehead atoms. The first kappa shape index (κ1) is 18.9. The zero-order chi connectivity index (χ0) is 19.4. The standard InChI is InChI=1S/C17H16ClN5O3S/c1-19-27(25,26)13-4-2-3-11(7-13)22-16-9-17(21-10-20-16)23-12-5-6-15(24)14(18)8-12/h2-10,19,24H,1H3,(H2,20,21,22,23). The van der Waals surface area contributed by atoms with Gasteiger partial charge in [-0.15, -0.1) is 0 Å². The number of hydrogen-bond donors (Lipinski definition) is 4. The number of rotatable bonds is 6. The minimum absolute atomic E-state index is 0.0105. The van der Waals surface area contributed by atoms with Gasteiger partial charge in [0.05, 0.1) is 9.92 Å². The summed E-state index contributed by atoms with van der Waals surface area (Å²) in [6.45, 7) is 0. The van der Waals surface area contributed by atoms with Crippen LogP contribution in [-0.4, -0.2) is 30.5 Å². The molecule has 10 heteroatoms. The Morgan fingerprint density at radius 1 is 0.963 bits per heavy atom. The van der Waals surface area contributed by atoms with Crippen LogP contribution in [0.3, 0.4) is 0 Å². The summed E-state index contributed by atoms with van der Waals surface area (Å²) in [5.41, 5.74) is 1.20. The predicted octanol–water partition coefficient (Wildman–Crippen LogP) is 3.23. The molecule has 4 N–H and O–H groups in total. The van der Waals surface area contributed by atoms with Gasteiger partial charge in [-0.3, -0.25) is 0 Å². The van der Waals surface area contributed by atoms with E-state index in [0.29, 0.717) is 23.0 Å². The number of anilines is 4. The molecule has 0 saturated carbocycles. The van der Waals surface area contributed by atoms with Crippen molar-refractivity contribution in [3.63, 3.8) is 0 Å². The van der Waals surface area contributed by atoms with Gasteiger partial charge in [0.1, 0.15) is 23.7 Å². The van der Waals surface area contributed by atoms with Crippen molar-refractivity contribution in [2.45, 2.75) is 4.90 Å². The van der Waals surface area contributed by atoms with Gasteiger partial charge in [0.25, 0.3) is 0 Å². The van der Waals surface area contributed by atoms with E-state index in [1.807, 2.05) is 0 Å². The Balaban J connectivity index is 1.80. The van der Waals surface area contributed by atoms with E-state index in [2.05, 4.69) is 25.3 Å². The fourth-order valence-corrected chi connectivity index (χ4v) is 3.19. The highest BCUT2D eigenvalue weighted by Crippen LogP contribution is 2.28. The second-order valence-electron chi connectivity index (χ2n) is 5.44. The molecular formula is C17H16ClN5O3S. The van der Waals surface area contributed by atoms with Crippen molar-refractivity contribution < 1.29 is 13.5 Å². The lowest BCUT2D eigenvalue weighted by Crippen LogP contribution is -2.18. The maximum absolute atomic E-state index is 11.9. The van der Waals surface area contributed by atoms with Gasteiger partial charge in [0.15, 0.2) is 0 Å². The molecule has 0 aliphatic carbocycles. The molecular weight excluding hydrogens is 390 g/mol. The molecule has 0 unspecified atom stereocenters. The first-order valence-electron chi connectivity index (χ1n) is 7.75. The molecule has 3 rings (SSSR count). The van der Waals surface area contributed by atoms with Crippen molar-refractivity contribution in [1.82, 2.24) is 14.7 Å². The molecule has 3 aromatic rings. The maximum atomic E-state index is 11.9. The van der Waals surface area contributed by atoms with Gasteiger partial charge >= 0.3 is 0 Å². The normalized spacial score (nSPS) is 11.2. The fraction of sp³-hybridized carbons (Fsp3) is 0.0588. The summed E-state index contributed by atoms with van der Waals surface area (Å²) in [5.74, 6) is 0.952. The van der Waals surface area contributed by atoms with Crippen LogP contribution in [0.4, 0.5) is 23.0 Å². The number of phenols is 1. The predicted molar refractivity (Wildman–Crippen MR) is 104 cm³/mol. The number of halogens is 1. The number of hydrogen-bond acceptors (Lipinski definition) is 7. The average Bonchev–Trinajstić information content (AvgIpc) is 2.65. The minimum Gasteiger partial charge on any atom is -0.506 e. The molecule has 8 nitrogen and oxygen atoms in total. The van der Waals surface area contributed by atoms with Crippen LogP contribution >= 0.6 is 11.6 Å². The lowest BCUT2D eigenvalue weighted by molar-refractivity contribution is 0.475. The van der Waals surface area contributed by atoms with Gasteiger partial charge in [0.2, 0.25) is 10.0 Å². The van der Waals surface area contributed by atoms with Crippen LogP contribution in [0, 0.1) is 0 Å². The zero-order valence-corrected chi connectivity index (χ0v) is 15.7. The van der Waals surface area contributed by atoms with Crippen LogP contribution in [0.2, 0.25) is 5.02 Å². The summed E-state index contributed by atoms with van der Waals surface area (Å²) in [7, 11) is -2.18. The second kappa shape index (κ2) is 7.78. The number of nitrogens with zero attached hydrogens (tertiary/aromatic N) is 2. The smallest absolute Gasteiger partial charge is 0.240 e. The molecule has 2 aromatic carbocycles. The summed E-state index contributed by atoms with van der Waals surface area (Å²) in [4.78, 5) is 8.39. The van der Waals surface area contributed by atoms with Crippen molar-refractivity contribution in [3.05, 3.63) is 59.9 Å². The van der Waals surface area contributed by atoms with Crippen molar-refractivity contribution in [1.29, 1.82) is 0 Å². The third kappa shape index (κ3) is 4.64. The zero-order valence-electron chi connectivity index (χ0n) is 14.1. The Labute approximate surface area is 161 Å². The number of phenolic OH excluding ortho intramolecular Hbond substituents is 1. The molecule has 1 aromatic heterocycles. The van der Waals surface area contributed by atoms with Crippen LogP contribution in [-0.2, 0) is 10.0 Å². The maximum Gasteiger partial charge on any atom is 0.240 e. The van der Waals surface area contributed by atoms with E-state index in [0.717, 1.165) is 0 Å². The average molecular weight is 406 g/mol. The third-order valence-electron chi connectivity index (χ3n) is 3.57. The van der Waals surface area contributed by atoms with E-state index >= 15 is 0 Å². The molecule has 0 spiro atoms. The molecule has 140 valence electrons. The van der Waals surface area contributed by atoms with Gasteiger partial charge in [-0.2, -0.15) is 0 Å². The lowest BCUT2D eigenvalue weighted by Gasteiger charge is -2.10. The SMILES string of the molecule is CNS(=O)(=O)c1cccc(Nc2cc(Nc3ccc(O)c(Cl)c3)ncn2)c1. The minimum atomic E-state index is -3.54. The Bertz CT molecular complexity index is 1080. The quantitative estimate of drug-likeness (QED) is 0.465. The molecule has 0 atom stereocenters. The molecule has 0 amide bonds. The van der Waals surface area contributed by atoms with Crippen LogP contribution in [0.1, 0.15) is 0 Å². The Morgan fingerprint density at radius 2 is 1.63 bits per heavy atom. The van der Waals surface area contributed by atoms with Crippen LogP contribution < -0.4 is 15.4 Å². The highest BCUT2D eigenvalue weighted by molar-refractivity contribution is 7.89.